The summed E-state index contributed by atoms with van der Waals surface area (Å²) in [5.74, 6) is 2.31. The molecule has 2 unspecified atom stereocenters. The molecule has 2 rings (SSSR count). The first-order chi connectivity index (χ1) is 9.53. The number of aldehydes is 1. The van der Waals surface area contributed by atoms with Crippen molar-refractivity contribution < 1.29 is 14.3 Å². The summed E-state index contributed by atoms with van der Waals surface area (Å²) < 4.78 is 11.4. The van der Waals surface area contributed by atoms with Crippen molar-refractivity contribution in [1.29, 1.82) is 0 Å². The topological polar surface area (TPSA) is 35.5 Å². The highest BCUT2D eigenvalue weighted by Crippen LogP contribution is 2.38. The summed E-state index contributed by atoms with van der Waals surface area (Å²) in [7, 11) is 1.55. The zero-order valence-electron chi connectivity index (χ0n) is 12.2. The minimum atomic E-state index is 0.127. The van der Waals surface area contributed by atoms with Crippen molar-refractivity contribution in [2.75, 3.05) is 7.11 Å². The Morgan fingerprint density at radius 1 is 1.20 bits per heavy atom. The average Bonchev–Trinajstić information content (AvgIpc) is 2.39. The molecule has 0 spiro atoms. The van der Waals surface area contributed by atoms with Crippen LogP contribution in [0.3, 0.4) is 0 Å². The van der Waals surface area contributed by atoms with Crippen molar-refractivity contribution in [2.45, 2.75) is 39.2 Å². The fourth-order valence-electron chi connectivity index (χ4n) is 3.09. The molecular weight excluding hydrogens is 276 g/mol. The fourth-order valence-corrected chi connectivity index (χ4v) is 3.31. The molecule has 0 saturated heterocycles. The molecule has 0 N–H and O–H groups in total. The Hall–Kier alpha value is -1.22. The van der Waals surface area contributed by atoms with Crippen LogP contribution in [-0.4, -0.2) is 19.5 Å². The summed E-state index contributed by atoms with van der Waals surface area (Å²) in [6, 6.07) is 3.29. The lowest BCUT2D eigenvalue weighted by Gasteiger charge is -2.32. The number of methoxy groups -OCH3 is 1. The summed E-state index contributed by atoms with van der Waals surface area (Å²) in [4.78, 5) is 11.2. The maximum absolute atomic E-state index is 11.2. The number of hydrogen-bond donors (Lipinski definition) is 0. The van der Waals surface area contributed by atoms with E-state index in [-0.39, 0.29) is 6.10 Å². The van der Waals surface area contributed by atoms with Gasteiger partial charge in [-0.15, -0.1) is 0 Å². The van der Waals surface area contributed by atoms with E-state index in [1.807, 2.05) is 0 Å². The number of benzene rings is 1. The second-order valence-electron chi connectivity index (χ2n) is 5.80. The van der Waals surface area contributed by atoms with E-state index in [1.165, 1.54) is 6.42 Å². The number of halogens is 1. The third kappa shape index (κ3) is 3.45. The highest BCUT2D eigenvalue weighted by atomic mass is 35.5. The third-order valence-corrected chi connectivity index (χ3v) is 4.03. The van der Waals surface area contributed by atoms with Gasteiger partial charge in [0, 0.05) is 11.1 Å². The average molecular weight is 297 g/mol. The smallest absolute Gasteiger partial charge is 0.172 e. The molecule has 0 aliphatic heterocycles. The van der Waals surface area contributed by atoms with Crippen LogP contribution in [-0.2, 0) is 0 Å². The van der Waals surface area contributed by atoms with Crippen molar-refractivity contribution in [2.24, 2.45) is 11.8 Å². The first-order valence-electron chi connectivity index (χ1n) is 7.02. The molecule has 1 fully saturated rings. The lowest BCUT2D eigenvalue weighted by atomic mass is 9.82. The van der Waals surface area contributed by atoms with Gasteiger partial charge in [-0.3, -0.25) is 4.79 Å². The molecule has 0 aromatic heterocycles. The molecule has 0 heterocycles. The molecule has 0 amide bonds. The highest BCUT2D eigenvalue weighted by Gasteiger charge is 2.27. The van der Waals surface area contributed by atoms with E-state index in [2.05, 4.69) is 13.8 Å². The van der Waals surface area contributed by atoms with Crippen LogP contribution >= 0.6 is 11.6 Å². The molecule has 1 saturated carbocycles. The van der Waals surface area contributed by atoms with Gasteiger partial charge in [0.15, 0.2) is 17.8 Å². The molecule has 1 aromatic carbocycles. The number of rotatable bonds is 4. The molecule has 110 valence electrons. The lowest BCUT2D eigenvalue weighted by Crippen LogP contribution is -2.29. The van der Waals surface area contributed by atoms with E-state index in [0.29, 0.717) is 33.9 Å². The van der Waals surface area contributed by atoms with Gasteiger partial charge in [-0.2, -0.15) is 0 Å². The van der Waals surface area contributed by atoms with Gasteiger partial charge in [-0.25, -0.2) is 0 Å². The SMILES string of the molecule is COc1cc(Cl)cc(C=O)c1OC1CC(C)CC(C)C1. The van der Waals surface area contributed by atoms with E-state index < -0.39 is 0 Å². The molecule has 1 aromatic rings. The maximum atomic E-state index is 11.2. The zero-order valence-corrected chi connectivity index (χ0v) is 12.9. The largest absolute Gasteiger partial charge is 0.493 e. The van der Waals surface area contributed by atoms with Crippen molar-refractivity contribution in [3.05, 3.63) is 22.7 Å². The summed E-state index contributed by atoms with van der Waals surface area (Å²) >= 11 is 5.97. The predicted octanol–water partition coefficient (Wildman–Crippen LogP) is 4.36. The van der Waals surface area contributed by atoms with Crippen molar-refractivity contribution >= 4 is 17.9 Å². The predicted molar refractivity (Wildman–Crippen MR) is 80.0 cm³/mol. The van der Waals surface area contributed by atoms with Crippen molar-refractivity contribution in [3.8, 4) is 11.5 Å². The lowest BCUT2D eigenvalue weighted by molar-refractivity contribution is 0.0952. The second-order valence-corrected chi connectivity index (χ2v) is 6.24. The molecular formula is C16H21ClO3. The van der Waals surface area contributed by atoms with Gasteiger partial charge < -0.3 is 9.47 Å². The van der Waals surface area contributed by atoms with Crippen molar-refractivity contribution in [3.63, 3.8) is 0 Å². The number of carbonyl (C=O) groups is 1. The minimum absolute atomic E-state index is 0.127. The van der Waals surface area contributed by atoms with Crippen LogP contribution in [0.2, 0.25) is 5.02 Å². The summed E-state index contributed by atoms with van der Waals surface area (Å²) in [5.41, 5.74) is 0.445. The normalized spacial score (nSPS) is 26.1. The molecule has 4 heteroatoms. The monoisotopic (exact) mass is 296 g/mol. The Balaban J connectivity index is 2.25. The van der Waals surface area contributed by atoms with Crippen LogP contribution < -0.4 is 9.47 Å². The van der Waals surface area contributed by atoms with E-state index >= 15 is 0 Å². The molecule has 1 aliphatic carbocycles. The third-order valence-electron chi connectivity index (χ3n) is 3.82. The van der Waals surface area contributed by atoms with E-state index in [0.717, 1.165) is 19.1 Å². The Labute approximate surface area is 125 Å². The van der Waals surface area contributed by atoms with Gasteiger partial charge in [-0.05, 0) is 37.2 Å². The van der Waals surface area contributed by atoms with Crippen LogP contribution in [0.4, 0.5) is 0 Å². The van der Waals surface area contributed by atoms with Gasteiger partial charge in [0.1, 0.15) is 0 Å². The van der Waals surface area contributed by atoms with Gasteiger partial charge in [-0.1, -0.05) is 25.4 Å². The Morgan fingerprint density at radius 2 is 1.85 bits per heavy atom. The fraction of sp³-hybridized carbons (Fsp3) is 0.562. The quantitative estimate of drug-likeness (QED) is 0.774. The second kappa shape index (κ2) is 6.49. The van der Waals surface area contributed by atoms with Gasteiger partial charge in [0.05, 0.1) is 18.8 Å². The number of hydrogen-bond acceptors (Lipinski definition) is 3. The van der Waals surface area contributed by atoms with Gasteiger partial charge in [0.25, 0.3) is 0 Å². The standard InChI is InChI=1S/C16H21ClO3/c1-10-4-11(2)6-14(5-10)20-16-12(9-18)7-13(17)8-15(16)19-3/h7-11,14H,4-6H2,1-3H3. The van der Waals surface area contributed by atoms with E-state index in [4.69, 9.17) is 21.1 Å². The van der Waals surface area contributed by atoms with Crippen molar-refractivity contribution in [1.82, 2.24) is 0 Å². The van der Waals surface area contributed by atoms with Gasteiger partial charge in [0.2, 0.25) is 0 Å². The van der Waals surface area contributed by atoms with Gasteiger partial charge >= 0.3 is 0 Å². The Kier molecular flexibility index (Phi) is 4.92. The molecule has 0 bridgehead atoms. The number of carbonyl (C=O) groups excluding carboxylic acids is 1. The van der Waals surface area contributed by atoms with Crippen LogP contribution in [0, 0.1) is 11.8 Å². The first-order valence-corrected chi connectivity index (χ1v) is 7.40. The van der Waals surface area contributed by atoms with E-state index in [1.54, 1.807) is 19.2 Å². The van der Waals surface area contributed by atoms with Crippen LogP contribution in [0.5, 0.6) is 11.5 Å². The summed E-state index contributed by atoms with van der Waals surface area (Å²) in [5, 5.41) is 0.474. The summed E-state index contributed by atoms with van der Waals surface area (Å²) in [6.07, 6.45) is 4.14. The van der Waals surface area contributed by atoms with Crippen LogP contribution in [0.25, 0.3) is 0 Å². The first kappa shape index (κ1) is 15.2. The molecule has 2 atom stereocenters. The summed E-state index contributed by atoms with van der Waals surface area (Å²) in [6.45, 7) is 4.48. The Morgan fingerprint density at radius 3 is 2.40 bits per heavy atom. The van der Waals surface area contributed by atoms with Crippen LogP contribution in [0.1, 0.15) is 43.5 Å². The molecule has 1 aliphatic rings. The maximum Gasteiger partial charge on any atom is 0.172 e. The van der Waals surface area contributed by atoms with E-state index in [9.17, 15) is 4.79 Å². The highest BCUT2D eigenvalue weighted by molar-refractivity contribution is 6.31. The zero-order chi connectivity index (χ0) is 14.7. The molecule has 0 radical (unpaired) electrons. The minimum Gasteiger partial charge on any atom is -0.493 e. The Bertz CT molecular complexity index is 477. The molecule has 20 heavy (non-hydrogen) atoms. The van der Waals surface area contributed by atoms with Crippen LogP contribution in [0.15, 0.2) is 12.1 Å². The molecule has 3 nitrogen and oxygen atoms in total. The number of ether oxygens (including phenoxy) is 2.